The SMILES string of the molecule is C=CC1(N)C=CCCC1. The van der Waals surface area contributed by atoms with Crippen molar-refractivity contribution in [1.29, 1.82) is 0 Å². The summed E-state index contributed by atoms with van der Waals surface area (Å²) in [6.07, 6.45) is 9.41. The van der Waals surface area contributed by atoms with Crippen molar-refractivity contribution in [2.45, 2.75) is 24.8 Å². The molecule has 9 heavy (non-hydrogen) atoms. The molecular weight excluding hydrogens is 110 g/mol. The van der Waals surface area contributed by atoms with Crippen LogP contribution in [-0.2, 0) is 0 Å². The lowest BCUT2D eigenvalue weighted by molar-refractivity contribution is 0.542. The zero-order chi connectivity index (χ0) is 6.74. The Morgan fingerprint density at radius 3 is 2.78 bits per heavy atom. The molecule has 0 aromatic carbocycles. The van der Waals surface area contributed by atoms with Crippen LogP contribution in [0.2, 0.25) is 0 Å². The quantitative estimate of drug-likeness (QED) is 0.527. The average Bonchev–Trinajstić information content (AvgIpc) is 1.90. The molecule has 1 nitrogen and oxygen atoms in total. The predicted molar refractivity (Wildman–Crippen MR) is 40.1 cm³/mol. The lowest BCUT2D eigenvalue weighted by atomic mass is 9.89. The molecule has 1 unspecified atom stereocenters. The van der Waals surface area contributed by atoms with Gasteiger partial charge in [-0.1, -0.05) is 18.2 Å². The van der Waals surface area contributed by atoms with Crippen LogP contribution in [-0.4, -0.2) is 5.54 Å². The first-order chi connectivity index (χ1) is 4.27. The van der Waals surface area contributed by atoms with E-state index >= 15 is 0 Å². The molecule has 1 rings (SSSR count). The van der Waals surface area contributed by atoms with Crippen molar-refractivity contribution in [2.75, 3.05) is 0 Å². The van der Waals surface area contributed by atoms with Gasteiger partial charge in [-0.3, -0.25) is 0 Å². The van der Waals surface area contributed by atoms with E-state index < -0.39 is 0 Å². The molecule has 0 radical (unpaired) electrons. The molecule has 1 aliphatic rings. The smallest absolute Gasteiger partial charge is 0.0522 e. The Morgan fingerprint density at radius 1 is 1.67 bits per heavy atom. The number of nitrogens with two attached hydrogens (primary N) is 1. The first kappa shape index (κ1) is 6.56. The van der Waals surface area contributed by atoms with E-state index in [1.807, 2.05) is 12.2 Å². The minimum atomic E-state index is -0.196. The highest BCUT2D eigenvalue weighted by molar-refractivity contribution is 5.17. The maximum atomic E-state index is 5.85. The van der Waals surface area contributed by atoms with Crippen molar-refractivity contribution in [3.63, 3.8) is 0 Å². The van der Waals surface area contributed by atoms with Gasteiger partial charge in [0.25, 0.3) is 0 Å². The highest BCUT2D eigenvalue weighted by atomic mass is 14.7. The second-order valence-electron chi connectivity index (χ2n) is 2.61. The van der Waals surface area contributed by atoms with E-state index in [0.29, 0.717) is 0 Å². The van der Waals surface area contributed by atoms with Crippen LogP contribution in [0.5, 0.6) is 0 Å². The van der Waals surface area contributed by atoms with Gasteiger partial charge < -0.3 is 5.73 Å². The van der Waals surface area contributed by atoms with Crippen LogP contribution < -0.4 is 5.73 Å². The summed E-state index contributed by atoms with van der Waals surface area (Å²) in [7, 11) is 0. The van der Waals surface area contributed by atoms with Crippen LogP contribution in [0.15, 0.2) is 24.8 Å². The van der Waals surface area contributed by atoms with E-state index in [4.69, 9.17) is 5.73 Å². The molecule has 0 heterocycles. The van der Waals surface area contributed by atoms with Gasteiger partial charge in [0.15, 0.2) is 0 Å². The molecule has 1 aliphatic carbocycles. The van der Waals surface area contributed by atoms with Gasteiger partial charge in [0, 0.05) is 0 Å². The molecular formula is C8H13N. The first-order valence-corrected chi connectivity index (χ1v) is 3.37. The fourth-order valence-corrected chi connectivity index (χ4v) is 1.08. The van der Waals surface area contributed by atoms with Crippen LogP contribution >= 0.6 is 0 Å². The van der Waals surface area contributed by atoms with Crippen molar-refractivity contribution in [2.24, 2.45) is 5.73 Å². The lowest BCUT2D eigenvalue weighted by Gasteiger charge is -2.24. The van der Waals surface area contributed by atoms with E-state index in [1.165, 1.54) is 12.8 Å². The Kier molecular flexibility index (Phi) is 1.72. The Labute approximate surface area is 56.2 Å². The largest absolute Gasteiger partial charge is 0.319 e. The van der Waals surface area contributed by atoms with Gasteiger partial charge in [-0.2, -0.15) is 0 Å². The molecule has 1 atom stereocenters. The average molecular weight is 123 g/mol. The number of allylic oxidation sites excluding steroid dienone is 1. The van der Waals surface area contributed by atoms with Gasteiger partial charge in [-0.25, -0.2) is 0 Å². The third-order valence-electron chi connectivity index (χ3n) is 1.79. The number of rotatable bonds is 1. The summed E-state index contributed by atoms with van der Waals surface area (Å²) in [5, 5.41) is 0. The molecule has 0 spiro atoms. The highest BCUT2D eigenvalue weighted by Crippen LogP contribution is 2.19. The molecule has 0 amide bonds. The maximum absolute atomic E-state index is 5.85. The summed E-state index contributed by atoms with van der Waals surface area (Å²) in [6.45, 7) is 3.68. The van der Waals surface area contributed by atoms with Gasteiger partial charge >= 0.3 is 0 Å². The minimum Gasteiger partial charge on any atom is -0.319 e. The number of hydrogen-bond donors (Lipinski definition) is 1. The molecule has 0 saturated carbocycles. The summed E-state index contributed by atoms with van der Waals surface area (Å²) >= 11 is 0. The second-order valence-corrected chi connectivity index (χ2v) is 2.61. The normalized spacial score (nSPS) is 34.3. The zero-order valence-electron chi connectivity index (χ0n) is 5.64. The van der Waals surface area contributed by atoms with Gasteiger partial charge in [0.1, 0.15) is 0 Å². The molecule has 0 aromatic rings. The topological polar surface area (TPSA) is 26.0 Å². The van der Waals surface area contributed by atoms with Crippen LogP contribution in [0.4, 0.5) is 0 Å². The Hall–Kier alpha value is -0.560. The summed E-state index contributed by atoms with van der Waals surface area (Å²) < 4.78 is 0. The van der Waals surface area contributed by atoms with E-state index in [1.54, 1.807) is 0 Å². The van der Waals surface area contributed by atoms with Gasteiger partial charge in [0.2, 0.25) is 0 Å². The van der Waals surface area contributed by atoms with Crippen molar-refractivity contribution in [3.8, 4) is 0 Å². The first-order valence-electron chi connectivity index (χ1n) is 3.37. The summed E-state index contributed by atoms with van der Waals surface area (Å²) in [5.74, 6) is 0. The second kappa shape index (κ2) is 2.36. The fourth-order valence-electron chi connectivity index (χ4n) is 1.08. The van der Waals surface area contributed by atoms with Gasteiger partial charge in [-0.15, -0.1) is 6.58 Å². The molecule has 50 valence electrons. The maximum Gasteiger partial charge on any atom is 0.0522 e. The summed E-state index contributed by atoms with van der Waals surface area (Å²) in [5.41, 5.74) is 5.66. The molecule has 2 N–H and O–H groups in total. The molecule has 1 heteroatoms. The van der Waals surface area contributed by atoms with E-state index in [0.717, 1.165) is 6.42 Å². The summed E-state index contributed by atoms with van der Waals surface area (Å²) in [6, 6.07) is 0. The summed E-state index contributed by atoms with van der Waals surface area (Å²) in [4.78, 5) is 0. The Morgan fingerprint density at radius 2 is 2.44 bits per heavy atom. The van der Waals surface area contributed by atoms with Crippen molar-refractivity contribution in [3.05, 3.63) is 24.8 Å². The predicted octanol–water partition coefficient (Wildman–Crippen LogP) is 1.61. The van der Waals surface area contributed by atoms with E-state index in [9.17, 15) is 0 Å². The number of hydrogen-bond acceptors (Lipinski definition) is 1. The monoisotopic (exact) mass is 123 g/mol. The van der Waals surface area contributed by atoms with Crippen LogP contribution in [0.25, 0.3) is 0 Å². The highest BCUT2D eigenvalue weighted by Gasteiger charge is 2.17. The Balaban J connectivity index is 2.67. The van der Waals surface area contributed by atoms with Gasteiger partial charge in [0.05, 0.1) is 5.54 Å². The molecule has 0 saturated heterocycles. The van der Waals surface area contributed by atoms with E-state index in [-0.39, 0.29) is 5.54 Å². The standard InChI is InChI=1S/C8H13N/c1-2-8(9)6-4-3-5-7-8/h2,4,6H,1,3,5,7,9H2. The van der Waals surface area contributed by atoms with Crippen LogP contribution in [0.1, 0.15) is 19.3 Å². The van der Waals surface area contributed by atoms with Gasteiger partial charge in [-0.05, 0) is 19.3 Å². The minimum absolute atomic E-state index is 0.196. The Bertz CT molecular complexity index is 138. The van der Waals surface area contributed by atoms with E-state index in [2.05, 4.69) is 12.7 Å². The van der Waals surface area contributed by atoms with Crippen LogP contribution in [0.3, 0.4) is 0 Å². The molecule has 0 aliphatic heterocycles. The third-order valence-corrected chi connectivity index (χ3v) is 1.79. The van der Waals surface area contributed by atoms with Crippen LogP contribution in [0, 0.1) is 0 Å². The third kappa shape index (κ3) is 1.42. The lowest BCUT2D eigenvalue weighted by Crippen LogP contribution is -2.35. The molecule has 0 aromatic heterocycles. The fraction of sp³-hybridized carbons (Fsp3) is 0.500. The van der Waals surface area contributed by atoms with Crippen molar-refractivity contribution < 1.29 is 0 Å². The van der Waals surface area contributed by atoms with Crippen molar-refractivity contribution in [1.82, 2.24) is 0 Å². The zero-order valence-corrected chi connectivity index (χ0v) is 5.64. The molecule has 0 bridgehead atoms. The van der Waals surface area contributed by atoms with Crippen molar-refractivity contribution >= 4 is 0 Å². The molecule has 0 fully saturated rings.